The fourth-order valence-electron chi connectivity index (χ4n) is 2.72. The summed E-state index contributed by atoms with van der Waals surface area (Å²) < 4.78 is 5.80. The van der Waals surface area contributed by atoms with Crippen LogP contribution in [0.1, 0.15) is 23.5 Å². The normalized spacial score (nSPS) is 11.7. The summed E-state index contributed by atoms with van der Waals surface area (Å²) in [7, 11) is 0. The molecule has 3 aromatic carbocycles. The summed E-state index contributed by atoms with van der Waals surface area (Å²) in [4.78, 5) is 11.5. The Labute approximate surface area is 152 Å². The Balaban J connectivity index is 1.81. The van der Waals surface area contributed by atoms with Crippen LogP contribution in [0.25, 0.3) is 0 Å². The zero-order chi connectivity index (χ0) is 17.6. The third-order valence-electron chi connectivity index (χ3n) is 3.94. The third-order valence-corrected chi connectivity index (χ3v) is 4.19. The maximum Gasteiger partial charge on any atom is 0.218 e. The van der Waals surface area contributed by atoms with Crippen LogP contribution in [0.5, 0.6) is 11.5 Å². The minimum absolute atomic E-state index is 0.0664. The molecule has 3 rings (SSSR count). The number of ether oxygens (including phenoxy) is 1. The first kappa shape index (κ1) is 17.1. The zero-order valence-corrected chi connectivity index (χ0v) is 14.3. The fourth-order valence-corrected chi connectivity index (χ4v) is 2.85. The largest absolute Gasteiger partial charge is 0.457 e. The average molecular weight is 352 g/mol. The second-order valence-electron chi connectivity index (χ2n) is 5.76. The summed E-state index contributed by atoms with van der Waals surface area (Å²) in [5, 5.41) is 0.667. The molecule has 0 saturated carbocycles. The van der Waals surface area contributed by atoms with E-state index in [-0.39, 0.29) is 18.2 Å². The van der Waals surface area contributed by atoms with E-state index in [4.69, 9.17) is 22.1 Å². The SMILES string of the molecule is NC(=O)CC(c1ccccc1)c1ccc(Oc2ccc(Cl)cc2)cc1. The molecule has 2 N–H and O–H groups in total. The molecule has 1 amide bonds. The highest BCUT2D eigenvalue weighted by atomic mass is 35.5. The predicted molar refractivity (Wildman–Crippen MR) is 100 cm³/mol. The van der Waals surface area contributed by atoms with Gasteiger partial charge in [0.25, 0.3) is 0 Å². The minimum atomic E-state index is -0.324. The molecule has 4 heteroatoms. The lowest BCUT2D eigenvalue weighted by atomic mass is 9.88. The Hall–Kier alpha value is -2.78. The molecule has 0 aromatic heterocycles. The lowest BCUT2D eigenvalue weighted by Crippen LogP contribution is -2.16. The van der Waals surface area contributed by atoms with Crippen LogP contribution in [0.2, 0.25) is 5.02 Å². The van der Waals surface area contributed by atoms with Crippen LogP contribution in [0.3, 0.4) is 0 Å². The number of benzene rings is 3. The van der Waals surface area contributed by atoms with E-state index in [1.54, 1.807) is 12.1 Å². The van der Waals surface area contributed by atoms with E-state index in [0.717, 1.165) is 16.9 Å². The number of amides is 1. The summed E-state index contributed by atoms with van der Waals surface area (Å²) >= 11 is 5.88. The van der Waals surface area contributed by atoms with Gasteiger partial charge in [0.05, 0.1) is 0 Å². The molecule has 1 atom stereocenters. The van der Waals surface area contributed by atoms with Gasteiger partial charge in [0, 0.05) is 17.4 Å². The molecule has 3 nitrogen and oxygen atoms in total. The van der Waals surface area contributed by atoms with Gasteiger partial charge in [-0.15, -0.1) is 0 Å². The van der Waals surface area contributed by atoms with Gasteiger partial charge in [0.1, 0.15) is 11.5 Å². The first-order valence-electron chi connectivity index (χ1n) is 7.98. The molecule has 0 bridgehead atoms. The highest BCUT2D eigenvalue weighted by Crippen LogP contribution is 2.30. The average Bonchev–Trinajstić information content (AvgIpc) is 2.63. The lowest BCUT2D eigenvalue weighted by molar-refractivity contribution is -0.118. The number of nitrogens with two attached hydrogens (primary N) is 1. The van der Waals surface area contributed by atoms with Crippen LogP contribution in [0, 0.1) is 0 Å². The van der Waals surface area contributed by atoms with Crippen molar-refractivity contribution in [1.82, 2.24) is 0 Å². The lowest BCUT2D eigenvalue weighted by Gasteiger charge is -2.17. The molecular weight excluding hydrogens is 334 g/mol. The highest BCUT2D eigenvalue weighted by molar-refractivity contribution is 6.30. The van der Waals surface area contributed by atoms with E-state index >= 15 is 0 Å². The first-order chi connectivity index (χ1) is 12.1. The Kier molecular flexibility index (Phi) is 5.36. The Morgan fingerprint density at radius 3 is 1.92 bits per heavy atom. The number of halogens is 1. The predicted octanol–water partition coefficient (Wildman–Crippen LogP) is 5.14. The Morgan fingerprint density at radius 2 is 1.36 bits per heavy atom. The van der Waals surface area contributed by atoms with Gasteiger partial charge in [-0.05, 0) is 47.5 Å². The quantitative estimate of drug-likeness (QED) is 0.668. The van der Waals surface area contributed by atoms with Gasteiger partial charge < -0.3 is 10.5 Å². The molecule has 25 heavy (non-hydrogen) atoms. The number of primary amides is 1. The number of carbonyl (C=O) groups excluding carboxylic acids is 1. The van der Waals surface area contributed by atoms with Crippen LogP contribution < -0.4 is 10.5 Å². The Morgan fingerprint density at radius 1 is 0.840 bits per heavy atom. The Bertz CT molecular complexity index is 830. The monoisotopic (exact) mass is 351 g/mol. The van der Waals surface area contributed by atoms with Gasteiger partial charge in [-0.25, -0.2) is 0 Å². The van der Waals surface area contributed by atoms with Crippen molar-refractivity contribution in [2.24, 2.45) is 5.73 Å². The van der Waals surface area contributed by atoms with E-state index in [0.29, 0.717) is 10.8 Å². The van der Waals surface area contributed by atoms with Crippen LogP contribution in [0.4, 0.5) is 0 Å². The molecule has 0 aliphatic carbocycles. The second-order valence-corrected chi connectivity index (χ2v) is 6.20. The summed E-state index contributed by atoms with van der Waals surface area (Å²) in [6.07, 6.45) is 0.265. The van der Waals surface area contributed by atoms with Gasteiger partial charge in [-0.3, -0.25) is 4.79 Å². The van der Waals surface area contributed by atoms with Crippen molar-refractivity contribution in [2.75, 3.05) is 0 Å². The molecule has 0 heterocycles. The van der Waals surface area contributed by atoms with Crippen LogP contribution in [-0.4, -0.2) is 5.91 Å². The van der Waals surface area contributed by atoms with E-state index in [1.165, 1.54) is 0 Å². The van der Waals surface area contributed by atoms with E-state index in [9.17, 15) is 4.79 Å². The molecule has 3 aromatic rings. The van der Waals surface area contributed by atoms with Gasteiger partial charge in [0.2, 0.25) is 5.91 Å². The third kappa shape index (κ3) is 4.61. The van der Waals surface area contributed by atoms with Crippen LogP contribution in [0.15, 0.2) is 78.9 Å². The van der Waals surface area contributed by atoms with Gasteiger partial charge in [-0.1, -0.05) is 54.1 Å². The maximum atomic E-state index is 11.5. The second kappa shape index (κ2) is 7.86. The van der Waals surface area contributed by atoms with E-state index < -0.39 is 0 Å². The summed E-state index contributed by atoms with van der Waals surface area (Å²) in [5.41, 5.74) is 7.52. The van der Waals surface area contributed by atoms with Gasteiger partial charge in [0.15, 0.2) is 0 Å². The highest BCUT2D eigenvalue weighted by Gasteiger charge is 2.16. The summed E-state index contributed by atoms with van der Waals surface area (Å²) in [6, 6.07) is 24.8. The van der Waals surface area contributed by atoms with Crippen molar-refractivity contribution in [3.05, 3.63) is 95.0 Å². The molecule has 0 spiro atoms. The van der Waals surface area contributed by atoms with Crippen LogP contribution in [-0.2, 0) is 4.79 Å². The van der Waals surface area contributed by atoms with E-state index in [1.807, 2.05) is 66.7 Å². The molecule has 0 radical (unpaired) electrons. The van der Waals surface area contributed by atoms with Crippen LogP contribution >= 0.6 is 11.6 Å². The van der Waals surface area contributed by atoms with E-state index in [2.05, 4.69) is 0 Å². The van der Waals surface area contributed by atoms with Crippen molar-refractivity contribution >= 4 is 17.5 Å². The number of rotatable bonds is 6. The van der Waals surface area contributed by atoms with Gasteiger partial charge in [-0.2, -0.15) is 0 Å². The van der Waals surface area contributed by atoms with Crippen molar-refractivity contribution < 1.29 is 9.53 Å². The van der Waals surface area contributed by atoms with Crippen molar-refractivity contribution in [1.29, 1.82) is 0 Å². The van der Waals surface area contributed by atoms with Gasteiger partial charge >= 0.3 is 0 Å². The van der Waals surface area contributed by atoms with Crippen molar-refractivity contribution in [2.45, 2.75) is 12.3 Å². The molecule has 0 aliphatic heterocycles. The van der Waals surface area contributed by atoms with Crippen molar-refractivity contribution in [3.63, 3.8) is 0 Å². The summed E-state index contributed by atoms with van der Waals surface area (Å²) in [6.45, 7) is 0. The first-order valence-corrected chi connectivity index (χ1v) is 8.36. The molecule has 126 valence electrons. The number of hydrogen-bond acceptors (Lipinski definition) is 2. The topological polar surface area (TPSA) is 52.3 Å². The minimum Gasteiger partial charge on any atom is -0.457 e. The van der Waals surface area contributed by atoms with Crippen molar-refractivity contribution in [3.8, 4) is 11.5 Å². The maximum absolute atomic E-state index is 11.5. The zero-order valence-electron chi connectivity index (χ0n) is 13.6. The molecule has 0 aliphatic rings. The molecular formula is C21H18ClNO2. The molecule has 0 fully saturated rings. The smallest absolute Gasteiger partial charge is 0.218 e. The number of carbonyl (C=O) groups is 1. The fraction of sp³-hybridized carbons (Fsp3) is 0.0952. The standard InChI is InChI=1S/C21H18ClNO2/c22-17-8-12-19(13-9-17)25-18-10-6-16(7-11-18)20(14-21(23)24)15-4-2-1-3-5-15/h1-13,20H,14H2,(H2,23,24). The molecule has 0 saturated heterocycles. The summed E-state index contributed by atoms with van der Waals surface area (Å²) in [5.74, 6) is 1.05. The molecule has 1 unspecified atom stereocenters. The number of hydrogen-bond donors (Lipinski definition) is 1.